The van der Waals surface area contributed by atoms with Gasteiger partial charge >= 0.3 is 11.9 Å². The zero-order valence-corrected chi connectivity index (χ0v) is 26.9. The molecule has 0 spiro atoms. The monoisotopic (exact) mass is 690 g/mol. The third kappa shape index (κ3) is 5.20. The molecule has 47 heavy (non-hydrogen) atoms. The Labute approximate surface area is 273 Å². The van der Waals surface area contributed by atoms with Crippen molar-refractivity contribution in [2.24, 2.45) is 0 Å². The third-order valence-electron chi connectivity index (χ3n) is 8.54. The molecule has 246 valence electrons. The Balaban J connectivity index is 1.75. The van der Waals surface area contributed by atoms with Crippen LogP contribution in [0.25, 0.3) is 32.1 Å². The summed E-state index contributed by atoms with van der Waals surface area (Å²) in [7, 11) is 1.40. The number of nitrogen functional groups attached to an aromatic ring is 1. The summed E-state index contributed by atoms with van der Waals surface area (Å²) in [6.07, 6.45) is -4.53. The molecule has 1 saturated heterocycles. The van der Waals surface area contributed by atoms with Gasteiger partial charge in [0.1, 0.15) is 28.5 Å². The van der Waals surface area contributed by atoms with Crippen molar-refractivity contribution in [1.82, 2.24) is 14.5 Å². The lowest BCUT2D eigenvalue weighted by molar-refractivity contribution is -0.137. The van der Waals surface area contributed by atoms with Crippen molar-refractivity contribution in [2.45, 2.75) is 49.7 Å². The van der Waals surface area contributed by atoms with Crippen LogP contribution >= 0.6 is 23.1 Å². The zero-order valence-electron chi connectivity index (χ0n) is 25.2. The van der Waals surface area contributed by atoms with E-state index in [4.69, 9.17) is 10.5 Å². The summed E-state index contributed by atoms with van der Waals surface area (Å²) in [5, 5.41) is 9.30. The van der Waals surface area contributed by atoms with Crippen molar-refractivity contribution in [3.63, 3.8) is 0 Å². The number of hydrogen-bond acceptors (Lipinski definition) is 9. The van der Waals surface area contributed by atoms with Crippen LogP contribution < -0.4 is 16.3 Å². The minimum Gasteiger partial charge on any atom is -0.389 e. The lowest BCUT2D eigenvalue weighted by Gasteiger charge is -2.44. The number of methoxy groups -OCH3 is 1. The van der Waals surface area contributed by atoms with E-state index in [9.17, 15) is 14.9 Å². The van der Waals surface area contributed by atoms with Gasteiger partial charge in [-0.1, -0.05) is 6.58 Å². The smallest absolute Gasteiger partial charge is 0.389 e. The van der Waals surface area contributed by atoms with E-state index in [1.165, 1.54) is 17.8 Å². The normalized spacial score (nSPS) is 20.0. The highest BCUT2D eigenvalue weighted by Gasteiger charge is 2.41. The van der Waals surface area contributed by atoms with Gasteiger partial charge in [0, 0.05) is 70.9 Å². The fourth-order valence-electron chi connectivity index (χ4n) is 6.61. The number of nitriles is 1. The molecule has 4 aromatic rings. The number of anilines is 2. The number of aromatic nitrogens is 2. The van der Waals surface area contributed by atoms with Gasteiger partial charge in [-0.15, -0.1) is 23.1 Å². The van der Waals surface area contributed by atoms with E-state index in [1.54, 1.807) is 29.7 Å². The molecule has 0 aliphatic carbocycles. The number of nitrogens with two attached hydrogens (primary N) is 1. The predicted molar refractivity (Wildman–Crippen MR) is 171 cm³/mol. The number of rotatable bonds is 4. The number of alkyl halides is 3. The molecule has 2 aliphatic heterocycles. The number of thiophene rings is 1. The average Bonchev–Trinajstić information content (AvgIpc) is 3.21. The number of carbonyl (C=O) groups excluding carboxylic acids is 1. The first-order valence-electron chi connectivity index (χ1n) is 14.4. The molecular weight excluding hydrogens is 664 g/mol. The average molecular weight is 691 g/mol. The molecule has 9 nitrogen and oxygen atoms in total. The Morgan fingerprint density at radius 3 is 2.45 bits per heavy atom. The van der Waals surface area contributed by atoms with Crippen molar-refractivity contribution in [3.8, 4) is 17.2 Å². The fraction of sp³-hybridized carbons (Fsp3) is 0.355. The number of thioether (sulfide) groups is 1. The summed E-state index contributed by atoms with van der Waals surface area (Å²) in [6.45, 7) is 7.32. The number of ether oxygens (including phenoxy) is 1. The molecule has 0 saturated carbocycles. The Kier molecular flexibility index (Phi) is 8.22. The molecule has 2 N–H and O–H groups in total. The number of hydrogen-bond donors (Lipinski definition) is 1. The molecule has 0 radical (unpaired) electrons. The van der Waals surface area contributed by atoms with Gasteiger partial charge in [0.25, 0.3) is 0 Å². The molecule has 2 aromatic heterocycles. The van der Waals surface area contributed by atoms with Gasteiger partial charge in [0.2, 0.25) is 5.91 Å². The summed E-state index contributed by atoms with van der Waals surface area (Å²) in [5.74, 6) is -2.66. The minimum atomic E-state index is -5.08. The Morgan fingerprint density at radius 2 is 1.85 bits per heavy atom. The van der Waals surface area contributed by atoms with Crippen LogP contribution in [0, 0.1) is 23.0 Å². The van der Waals surface area contributed by atoms with Crippen molar-refractivity contribution in [2.75, 3.05) is 36.6 Å². The van der Waals surface area contributed by atoms with E-state index in [2.05, 4.69) is 11.6 Å². The first-order valence-corrected chi connectivity index (χ1v) is 16.2. The number of amides is 1. The molecule has 2 aromatic carbocycles. The first-order chi connectivity index (χ1) is 22.2. The van der Waals surface area contributed by atoms with E-state index in [0.717, 1.165) is 17.8 Å². The highest BCUT2D eigenvalue weighted by molar-refractivity contribution is 7.99. The van der Waals surface area contributed by atoms with E-state index < -0.39 is 58.4 Å². The van der Waals surface area contributed by atoms with Gasteiger partial charge in [0.05, 0.1) is 34.0 Å². The van der Waals surface area contributed by atoms with Crippen LogP contribution in [-0.4, -0.2) is 64.5 Å². The second-order valence-electron chi connectivity index (χ2n) is 11.4. The predicted octanol–water partition coefficient (Wildman–Crippen LogP) is 5.76. The molecule has 1 amide bonds. The lowest BCUT2D eigenvalue weighted by Crippen LogP contribution is -2.58. The van der Waals surface area contributed by atoms with Gasteiger partial charge in [-0.3, -0.25) is 9.36 Å². The van der Waals surface area contributed by atoms with Crippen molar-refractivity contribution < 1.29 is 31.5 Å². The Bertz CT molecular complexity index is 2080. The number of halogens is 5. The topological polar surface area (TPSA) is 117 Å². The highest BCUT2D eigenvalue weighted by atomic mass is 32.2. The molecule has 3 atom stereocenters. The molecule has 6 rings (SSSR count). The summed E-state index contributed by atoms with van der Waals surface area (Å²) >= 11 is 1.56. The van der Waals surface area contributed by atoms with Gasteiger partial charge in [-0.05, 0) is 26.0 Å². The number of benzene rings is 2. The maximum Gasteiger partial charge on any atom is 0.417 e. The summed E-state index contributed by atoms with van der Waals surface area (Å²) in [4.78, 5) is 33.7. The quantitative estimate of drug-likeness (QED) is 0.212. The van der Waals surface area contributed by atoms with Crippen molar-refractivity contribution in [3.05, 3.63) is 58.0 Å². The van der Waals surface area contributed by atoms with Crippen LogP contribution in [-0.2, 0) is 22.3 Å². The van der Waals surface area contributed by atoms with E-state index in [0.29, 0.717) is 17.4 Å². The molecule has 1 unspecified atom stereocenters. The van der Waals surface area contributed by atoms with Crippen LogP contribution in [0.15, 0.2) is 34.5 Å². The van der Waals surface area contributed by atoms with Gasteiger partial charge in [-0.25, -0.2) is 13.6 Å². The van der Waals surface area contributed by atoms with Crippen LogP contribution in [0.5, 0.6) is 0 Å². The van der Waals surface area contributed by atoms with Crippen LogP contribution in [0.3, 0.4) is 0 Å². The van der Waals surface area contributed by atoms with Crippen LogP contribution in [0.2, 0.25) is 0 Å². The second kappa shape index (κ2) is 11.8. The largest absolute Gasteiger partial charge is 0.417 e. The van der Waals surface area contributed by atoms with Crippen LogP contribution in [0.1, 0.15) is 25.0 Å². The second-order valence-corrected chi connectivity index (χ2v) is 13.5. The van der Waals surface area contributed by atoms with Crippen LogP contribution in [0.4, 0.5) is 32.8 Å². The number of carbonyl (C=O) groups is 1. The number of nitrogens with zero attached hydrogens (tertiary/aromatic N) is 5. The summed E-state index contributed by atoms with van der Waals surface area (Å²) in [6, 6.07) is 2.27. The fourth-order valence-corrected chi connectivity index (χ4v) is 8.85. The van der Waals surface area contributed by atoms with Crippen molar-refractivity contribution in [1.29, 1.82) is 5.26 Å². The summed E-state index contributed by atoms with van der Waals surface area (Å²) in [5.41, 5.74) is 2.36. The highest BCUT2D eigenvalue weighted by Crippen LogP contribution is 2.52. The van der Waals surface area contributed by atoms with Gasteiger partial charge in [-0.2, -0.15) is 23.4 Å². The van der Waals surface area contributed by atoms with E-state index >= 15 is 22.0 Å². The maximum absolute atomic E-state index is 16.0. The SMILES string of the molecule is C=CC(=O)N1[C@H](C)CN(c2nc(=O)n3c4c(c(-c5c(F)cc(F)c6sc(N)c(C#N)c56)c(C(F)(F)F)cc24)SCC(OC)C3)C[C@@H]1C. The van der Waals surface area contributed by atoms with Gasteiger partial charge in [0.15, 0.2) is 0 Å². The Hall–Kier alpha value is -4.20. The molecular formula is C31H27F5N6O3S2. The maximum atomic E-state index is 16.0. The lowest BCUT2D eigenvalue weighted by atomic mass is 9.92. The molecule has 1 fully saturated rings. The minimum absolute atomic E-state index is 0.0214. The van der Waals surface area contributed by atoms with E-state index in [-0.39, 0.29) is 73.6 Å². The molecule has 4 heterocycles. The Morgan fingerprint density at radius 1 is 1.17 bits per heavy atom. The van der Waals surface area contributed by atoms with E-state index in [1.807, 2.05) is 0 Å². The third-order valence-corrected chi connectivity index (χ3v) is 10.8. The molecule has 2 aliphatic rings. The first kappa shape index (κ1) is 32.7. The van der Waals surface area contributed by atoms with Crippen molar-refractivity contribution >= 4 is 60.8 Å². The molecule has 16 heteroatoms. The standard InChI is InChI=1S/C31H27F5N6O3S2/c1-5-21(43)42-13(2)9-40(10-14(42)3)29-16-6-18(31(34,35)36)23(27-25(16)41(30(44)39-29)11-15(45-4)12-46-27)24-19(32)7-20(33)26-22(24)17(8-37)28(38)47-26/h5-7,13-15H,1,9-12,38H2,2-4H3/t13-,14+,15?. The zero-order chi connectivity index (χ0) is 34.1. The number of fused-ring (bicyclic) bond motifs is 1. The number of piperazine rings is 1. The summed E-state index contributed by atoms with van der Waals surface area (Å²) < 4.78 is 83.2. The molecule has 0 bridgehead atoms. The van der Waals surface area contributed by atoms with Gasteiger partial charge < -0.3 is 20.3 Å².